The third kappa shape index (κ3) is 2.89. The van der Waals surface area contributed by atoms with Crippen LogP contribution in [0.1, 0.15) is 10.4 Å². The summed E-state index contributed by atoms with van der Waals surface area (Å²) in [6.45, 7) is 1.27. The number of aromatic nitrogens is 1. The average molecular weight is 280 g/mol. The van der Waals surface area contributed by atoms with Crippen molar-refractivity contribution in [1.82, 2.24) is 4.57 Å². The van der Waals surface area contributed by atoms with Gasteiger partial charge in [-0.3, -0.25) is 4.79 Å². The molecule has 0 aliphatic rings. The summed E-state index contributed by atoms with van der Waals surface area (Å²) in [6.07, 6.45) is 1.99. The molecule has 0 aliphatic carbocycles. The Balaban J connectivity index is 1.74. The number of carbonyl (C=O) groups excluding carboxylic acids is 1. The smallest absolute Gasteiger partial charge is 0.248 e. The van der Waals surface area contributed by atoms with Crippen molar-refractivity contribution in [2.75, 3.05) is 6.61 Å². The molecule has 0 bridgehead atoms. The standard InChI is InChI=1S/C17H16N2O2/c18-17(20)14-7-6-13-8-9-19(16(13)12-14)10-11-21-15-4-2-1-3-5-15/h1-9,12H,10-11H2,(H2,18,20). The van der Waals surface area contributed by atoms with Crippen LogP contribution in [0.5, 0.6) is 5.75 Å². The maximum absolute atomic E-state index is 11.3. The fourth-order valence-electron chi connectivity index (χ4n) is 2.31. The second kappa shape index (κ2) is 5.71. The molecule has 2 aromatic carbocycles. The topological polar surface area (TPSA) is 57.2 Å². The molecule has 1 aromatic heterocycles. The van der Waals surface area contributed by atoms with Gasteiger partial charge in [0.2, 0.25) is 5.91 Å². The van der Waals surface area contributed by atoms with Gasteiger partial charge in [-0.2, -0.15) is 0 Å². The van der Waals surface area contributed by atoms with E-state index in [1.54, 1.807) is 6.07 Å². The molecular formula is C17H16N2O2. The molecule has 0 fully saturated rings. The van der Waals surface area contributed by atoms with Crippen LogP contribution in [0.15, 0.2) is 60.8 Å². The van der Waals surface area contributed by atoms with Gasteiger partial charge in [0.15, 0.2) is 0 Å². The van der Waals surface area contributed by atoms with Crippen molar-refractivity contribution in [2.24, 2.45) is 5.73 Å². The Morgan fingerprint density at radius 2 is 1.90 bits per heavy atom. The molecular weight excluding hydrogens is 264 g/mol. The Bertz CT molecular complexity index is 763. The fraction of sp³-hybridized carbons (Fsp3) is 0.118. The average Bonchev–Trinajstić information content (AvgIpc) is 2.91. The summed E-state index contributed by atoms with van der Waals surface area (Å²) in [5.74, 6) is 0.442. The van der Waals surface area contributed by atoms with Crippen LogP contribution in [0.4, 0.5) is 0 Å². The number of benzene rings is 2. The summed E-state index contributed by atoms with van der Waals surface area (Å²) in [5.41, 5.74) is 6.84. The lowest BCUT2D eigenvalue weighted by Crippen LogP contribution is -2.11. The van der Waals surface area contributed by atoms with Gasteiger partial charge in [0.25, 0.3) is 0 Å². The van der Waals surface area contributed by atoms with Gasteiger partial charge < -0.3 is 15.0 Å². The van der Waals surface area contributed by atoms with Crippen LogP contribution in [0, 0.1) is 0 Å². The molecule has 0 saturated carbocycles. The molecule has 106 valence electrons. The van der Waals surface area contributed by atoms with E-state index in [0.717, 1.165) is 16.7 Å². The van der Waals surface area contributed by atoms with Crippen molar-refractivity contribution in [2.45, 2.75) is 6.54 Å². The SMILES string of the molecule is NC(=O)c1ccc2ccn(CCOc3ccccc3)c2c1. The molecule has 0 aliphatic heterocycles. The molecule has 1 heterocycles. The number of primary amides is 1. The summed E-state index contributed by atoms with van der Waals surface area (Å²) >= 11 is 0. The molecule has 0 atom stereocenters. The highest BCUT2D eigenvalue weighted by molar-refractivity contribution is 5.96. The van der Waals surface area contributed by atoms with Crippen LogP contribution in [-0.2, 0) is 6.54 Å². The van der Waals surface area contributed by atoms with Crippen molar-refractivity contribution < 1.29 is 9.53 Å². The van der Waals surface area contributed by atoms with Crippen molar-refractivity contribution in [3.63, 3.8) is 0 Å². The Kier molecular flexibility index (Phi) is 3.60. The van der Waals surface area contributed by atoms with Gasteiger partial charge in [0, 0.05) is 17.3 Å². The van der Waals surface area contributed by atoms with Crippen molar-refractivity contribution >= 4 is 16.8 Å². The Hall–Kier alpha value is -2.75. The zero-order chi connectivity index (χ0) is 14.7. The lowest BCUT2D eigenvalue weighted by Gasteiger charge is -2.08. The van der Waals surface area contributed by atoms with Crippen LogP contribution in [-0.4, -0.2) is 17.1 Å². The third-order valence-corrected chi connectivity index (χ3v) is 3.40. The monoisotopic (exact) mass is 280 g/mol. The van der Waals surface area contributed by atoms with E-state index in [1.807, 2.05) is 54.7 Å². The number of para-hydroxylation sites is 1. The summed E-state index contributed by atoms with van der Waals surface area (Å²) in [6, 6.07) is 17.2. The lowest BCUT2D eigenvalue weighted by molar-refractivity contribution is 0.100. The van der Waals surface area contributed by atoms with Crippen LogP contribution >= 0.6 is 0 Å². The molecule has 21 heavy (non-hydrogen) atoms. The highest BCUT2D eigenvalue weighted by Crippen LogP contribution is 2.18. The number of hydrogen-bond donors (Lipinski definition) is 1. The molecule has 4 nitrogen and oxygen atoms in total. The van der Waals surface area contributed by atoms with E-state index in [-0.39, 0.29) is 0 Å². The van der Waals surface area contributed by atoms with Gasteiger partial charge in [-0.1, -0.05) is 24.3 Å². The first-order chi connectivity index (χ1) is 10.2. The van der Waals surface area contributed by atoms with Crippen molar-refractivity contribution in [3.8, 4) is 5.75 Å². The molecule has 0 saturated heterocycles. The predicted octanol–water partition coefficient (Wildman–Crippen LogP) is 2.82. The fourth-order valence-corrected chi connectivity index (χ4v) is 2.31. The molecule has 0 spiro atoms. The van der Waals surface area contributed by atoms with E-state index < -0.39 is 5.91 Å². The summed E-state index contributed by atoms with van der Waals surface area (Å²) < 4.78 is 7.75. The second-order valence-electron chi connectivity index (χ2n) is 4.81. The van der Waals surface area contributed by atoms with E-state index in [4.69, 9.17) is 10.5 Å². The van der Waals surface area contributed by atoms with Crippen molar-refractivity contribution in [3.05, 3.63) is 66.4 Å². The first-order valence-corrected chi connectivity index (χ1v) is 6.80. The molecule has 1 amide bonds. The molecule has 4 heteroatoms. The maximum Gasteiger partial charge on any atom is 0.248 e. The molecule has 2 N–H and O–H groups in total. The molecule has 0 radical (unpaired) electrons. The summed E-state index contributed by atoms with van der Waals surface area (Å²) in [5, 5.41) is 1.08. The van der Waals surface area contributed by atoms with Gasteiger partial charge in [0.05, 0.1) is 6.54 Å². The van der Waals surface area contributed by atoms with Gasteiger partial charge >= 0.3 is 0 Å². The highest BCUT2D eigenvalue weighted by Gasteiger charge is 2.05. The van der Waals surface area contributed by atoms with E-state index in [2.05, 4.69) is 4.57 Å². The Morgan fingerprint density at radius 1 is 1.10 bits per heavy atom. The minimum atomic E-state index is -0.412. The number of nitrogens with two attached hydrogens (primary N) is 1. The van der Waals surface area contributed by atoms with Crippen LogP contribution < -0.4 is 10.5 Å². The largest absolute Gasteiger partial charge is 0.492 e. The van der Waals surface area contributed by atoms with E-state index in [9.17, 15) is 4.79 Å². The number of ether oxygens (including phenoxy) is 1. The van der Waals surface area contributed by atoms with Crippen LogP contribution in [0.25, 0.3) is 10.9 Å². The number of fused-ring (bicyclic) bond motifs is 1. The lowest BCUT2D eigenvalue weighted by atomic mass is 10.1. The number of rotatable bonds is 5. The zero-order valence-electron chi connectivity index (χ0n) is 11.5. The zero-order valence-corrected chi connectivity index (χ0v) is 11.5. The molecule has 0 unspecified atom stereocenters. The quantitative estimate of drug-likeness (QED) is 0.781. The number of carbonyl (C=O) groups is 1. The number of amides is 1. The first kappa shape index (κ1) is 13.2. The van der Waals surface area contributed by atoms with Crippen LogP contribution in [0.3, 0.4) is 0 Å². The maximum atomic E-state index is 11.3. The van der Waals surface area contributed by atoms with E-state index in [1.165, 1.54) is 0 Å². The molecule has 3 rings (SSSR count). The first-order valence-electron chi connectivity index (χ1n) is 6.80. The normalized spacial score (nSPS) is 10.7. The molecule has 3 aromatic rings. The Morgan fingerprint density at radius 3 is 2.67 bits per heavy atom. The Labute approximate surface area is 122 Å². The number of hydrogen-bond acceptors (Lipinski definition) is 2. The second-order valence-corrected chi connectivity index (χ2v) is 4.81. The minimum absolute atomic E-state index is 0.412. The van der Waals surface area contributed by atoms with Gasteiger partial charge in [-0.25, -0.2) is 0 Å². The predicted molar refractivity (Wildman–Crippen MR) is 82.4 cm³/mol. The highest BCUT2D eigenvalue weighted by atomic mass is 16.5. The van der Waals surface area contributed by atoms with Gasteiger partial charge in [0.1, 0.15) is 12.4 Å². The number of nitrogens with zero attached hydrogens (tertiary/aromatic N) is 1. The third-order valence-electron chi connectivity index (χ3n) is 3.40. The summed E-state index contributed by atoms with van der Waals surface area (Å²) in [4.78, 5) is 11.3. The van der Waals surface area contributed by atoms with Gasteiger partial charge in [-0.05, 0) is 35.7 Å². The van der Waals surface area contributed by atoms with E-state index >= 15 is 0 Å². The van der Waals surface area contributed by atoms with Crippen molar-refractivity contribution in [1.29, 1.82) is 0 Å². The van der Waals surface area contributed by atoms with Gasteiger partial charge in [-0.15, -0.1) is 0 Å². The minimum Gasteiger partial charge on any atom is -0.492 e. The summed E-state index contributed by atoms with van der Waals surface area (Å²) in [7, 11) is 0. The van der Waals surface area contributed by atoms with Crippen LogP contribution in [0.2, 0.25) is 0 Å². The van der Waals surface area contributed by atoms with E-state index in [0.29, 0.717) is 18.7 Å².